The fourth-order valence-electron chi connectivity index (χ4n) is 1.45. The Morgan fingerprint density at radius 3 is 2.00 bits per heavy atom. The van der Waals surface area contributed by atoms with E-state index in [1.54, 1.807) is 0 Å². The van der Waals surface area contributed by atoms with Gasteiger partial charge in [0.25, 0.3) is 4.46 Å². The van der Waals surface area contributed by atoms with Crippen molar-refractivity contribution < 1.29 is 4.00 Å². The predicted octanol–water partition coefficient (Wildman–Crippen LogP) is 3.78. The summed E-state index contributed by atoms with van der Waals surface area (Å²) in [4.78, 5) is 0. The SMILES string of the molecule is NCC[N+]1(Cl)CC(Cl)(Cl)N(Cl)C(Cl)(Cl)C1(Cl)Cl. The molecule has 1 aliphatic rings. The molecule has 0 aromatic heterocycles. The van der Waals surface area contributed by atoms with Crippen molar-refractivity contribution in [3.8, 4) is 0 Å². The molecule has 1 rings (SSSR count). The van der Waals surface area contributed by atoms with Crippen LogP contribution in [-0.4, -0.2) is 41.4 Å². The zero-order valence-electron chi connectivity index (χ0n) is 8.12. The van der Waals surface area contributed by atoms with Crippen molar-refractivity contribution in [2.75, 3.05) is 19.6 Å². The van der Waals surface area contributed by atoms with Crippen molar-refractivity contribution in [1.82, 2.24) is 4.42 Å². The zero-order chi connectivity index (χ0) is 13.7. The molecule has 0 saturated carbocycles. The molecule has 0 spiro atoms. The maximum absolute atomic E-state index is 6.27. The molecule has 0 amide bonds. The van der Waals surface area contributed by atoms with Crippen molar-refractivity contribution in [3.63, 3.8) is 0 Å². The van der Waals surface area contributed by atoms with Crippen LogP contribution in [0.1, 0.15) is 0 Å². The smallest absolute Gasteiger partial charge is 0.316 e. The van der Waals surface area contributed by atoms with Crippen LogP contribution in [0.5, 0.6) is 0 Å². The number of rotatable bonds is 2. The molecule has 1 unspecified atom stereocenters. The Labute approximate surface area is 139 Å². The second-order valence-corrected chi connectivity index (χ2v) is 8.57. The van der Waals surface area contributed by atoms with Gasteiger partial charge in [-0.3, -0.25) is 0 Å². The second kappa shape index (κ2) is 5.19. The number of halogens is 8. The highest BCUT2D eigenvalue weighted by Gasteiger charge is 2.74. The number of hydrogen-bond donors (Lipinski definition) is 1. The van der Waals surface area contributed by atoms with E-state index in [9.17, 15) is 0 Å². The largest absolute Gasteiger partial charge is 0.325 e. The van der Waals surface area contributed by atoms with E-state index >= 15 is 0 Å². The maximum Gasteiger partial charge on any atom is 0.316 e. The predicted molar refractivity (Wildman–Crippen MR) is 75.9 cm³/mol. The van der Waals surface area contributed by atoms with Crippen LogP contribution < -0.4 is 5.73 Å². The fraction of sp³-hybridized carbons (Fsp3) is 1.00. The summed E-state index contributed by atoms with van der Waals surface area (Å²) < 4.78 is -5.35. The van der Waals surface area contributed by atoms with Gasteiger partial charge < -0.3 is 5.73 Å². The third kappa shape index (κ3) is 2.68. The number of alkyl halides is 6. The number of nitrogens with zero attached hydrogens (tertiary/aromatic N) is 2. The summed E-state index contributed by atoms with van der Waals surface area (Å²) in [5, 5.41) is 0. The molecule has 2 N–H and O–H groups in total. The summed E-state index contributed by atoms with van der Waals surface area (Å²) in [5.41, 5.74) is 5.44. The molecule has 1 aliphatic heterocycles. The Morgan fingerprint density at radius 2 is 1.59 bits per heavy atom. The van der Waals surface area contributed by atoms with Gasteiger partial charge in [0.2, 0.25) is 4.46 Å². The molecule has 1 heterocycles. The molecule has 11 heteroatoms. The van der Waals surface area contributed by atoms with Gasteiger partial charge in [-0.25, -0.2) is 0 Å². The van der Waals surface area contributed by atoms with Crippen molar-refractivity contribution in [2.45, 2.75) is 13.4 Å². The normalized spacial score (nSPS) is 35.8. The van der Waals surface area contributed by atoms with Crippen molar-refractivity contribution in [3.05, 3.63) is 0 Å². The summed E-state index contributed by atoms with van der Waals surface area (Å²) in [6.07, 6.45) is 0. The van der Waals surface area contributed by atoms with Crippen LogP contribution in [0.15, 0.2) is 0 Å². The minimum Gasteiger partial charge on any atom is -0.325 e. The molecular weight excluding hydrogens is 398 g/mol. The second-order valence-electron chi connectivity index (χ2n) is 3.56. The number of quaternary nitrogens is 1. The quantitative estimate of drug-likeness (QED) is 0.430. The van der Waals surface area contributed by atoms with E-state index in [0.29, 0.717) is 0 Å². The minimum atomic E-state index is -2.00. The van der Waals surface area contributed by atoms with Crippen molar-refractivity contribution in [1.29, 1.82) is 0 Å². The van der Waals surface area contributed by atoms with E-state index in [4.69, 9.17) is 98.9 Å². The number of piperazine rings is 1. The van der Waals surface area contributed by atoms with Crippen LogP contribution in [0, 0.1) is 0 Å². The monoisotopic (exact) mass is 402 g/mol. The lowest BCUT2D eigenvalue weighted by atomic mass is 10.3. The first-order valence-electron chi connectivity index (χ1n) is 4.29. The first-order chi connectivity index (χ1) is 7.42. The van der Waals surface area contributed by atoms with Gasteiger partial charge in [-0.1, -0.05) is 46.4 Å². The van der Waals surface area contributed by atoms with E-state index < -0.39 is 17.4 Å². The minimum absolute atomic E-state index is 0.118. The van der Waals surface area contributed by atoms with Gasteiger partial charge in [-0.05, 0) is 35.0 Å². The summed E-state index contributed by atoms with van der Waals surface area (Å²) in [6.45, 7) is 0.217. The Bertz CT molecular complexity index is 308. The molecule has 0 aromatic rings. The number of nitrogens with two attached hydrogens (primary N) is 1. The molecule has 0 aliphatic carbocycles. The average molecular weight is 406 g/mol. The Morgan fingerprint density at radius 1 is 1.12 bits per heavy atom. The van der Waals surface area contributed by atoms with Crippen LogP contribution >= 0.6 is 93.2 Å². The van der Waals surface area contributed by atoms with Gasteiger partial charge in [0.05, 0.1) is 0 Å². The molecule has 1 fully saturated rings. The molecule has 0 radical (unpaired) electrons. The van der Waals surface area contributed by atoms with Crippen LogP contribution in [0.3, 0.4) is 0 Å². The van der Waals surface area contributed by atoms with Gasteiger partial charge in [0.1, 0.15) is 13.1 Å². The first kappa shape index (κ1) is 17.3. The standard InChI is InChI=1S/C6H8Cl8N3/c7-4(8)3-17(14,2-1-15)6(11,12)5(9,10)16(4)13/h1-3,15H2/q+1. The van der Waals surface area contributed by atoms with Gasteiger partial charge in [0, 0.05) is 6.54 Å². The van der Waals surface area contributed by atoms with Crippen molar-refractivity contribution >= 4 is 93.2 Å². The van der Waals surface area contributed by atoms with E-state index in [2.05, 4.69) is 0 Å². The highest BCUT2D eigenvalue weighted by Crippen LogP contribution is 2.60. The maximum atomic E-state index is 6.27. The van der Waals surface area contributed by atoms with E-state index in [0.717, 1.165) is 4.42 Å². The lowest BCUT2D eigenvalue weighted by molar-refractivity contribution is -0.850. The summed E-state index contributed by atoms with van der Waals surface area (Å²) in [5.74, 6) is 0. The summed E-state index contributed by atoms with van der Waals surface area (Å²) in [7, 11) is 0. The molecule has 0 bridgehead atoms. The number of hydrogen-bond acceptors (Lipinski definition) is 2. The molecule has 17 heavy (non-hydrogen) atoms. The zero-order valence-corrected chi connectivity index (χ0v) is 14.2. The molecule has 0 aromatic carbocycles. The summed E-state index contributed by atoms with van der Waals surface area (Å²) >= 11 is 48.3. The Hall–Kier alpha value is 2.20. The first-order valence-corrected chi connectivity index (χ1v) is 7.23. The van der Waals surface area contributed by atoms with Gasteiger partial charge in [0.15, 0.2) is 11.8 Å². The van der Waals surface area contributed by atoms with E-state index in [1.165, 1.54) is 0 Å². The van der Waals surface area contributed by atoms with Gasteiger partial charge in [-0.15, -0.1) is 4.42 Å². The molecule has 1 atom stereocenters. The Kier molecular flexibility index (Phi) is 5.27. The summed E-state index contributed by atoms with van der Waals surface area (Å²) in [6, 6.07) is 0. The van der Waals surface area contributed by atoms with Gasteiger partial charge in [-0.2, -0.15) is 4.00 Å². The fourth-order valence-corrected chi connectivity index (χ4v) is 4.22. The van der Waals surface area contributed by atoms with Gasteiger partial charge >= 0.3 is 4.46 Å². The Balaban J connectivity index is 3.27. The van der Waals surface area contributed by atoms with Crippen LogP contribution in [0.25, 0.3) is 0 Å². The average Bonchev–Trinajstić information content (AvgIpc) is 2.13. The lowest BCUT2D eigenvalue weighted by Gasteiger charge is -2.54. The topological polar surface area (TPSA) is 29.3 Å². The van der Waals surface area contributed by atoms with Crippen LogP contribution in [0.2, 0.25) is 0 Å². The highest BCUT2D eigenvalue weighted by atomic mass is 35.5. The highest BCUT2D eigenvalue weighted by molar-refractivity contribution is 6.64. The van der Waals surface area contributed by atoms with Crippen molar-refractivity contribution in [2.24, 2.45) is 5.73 Å². The van der Waals surface area contributed by atoms with Crippen LogP contribution in [0.4, 0.5) is 0 Å². The third-order valence-corrected chi connectivity index (χ3v) is 6.97. The molecule has 102 valence electrons. The molecular formula is C6H8Cl8N3+. The molecule has 3 nitrogen and oxygen atoms in total. The lowest BCUT2D eigenvalue weighted by Crippen LogP contribution is -2.75. The van der Waals surface area contributed by atoms with Crippen LogP contribution in [-0.2, 0) is 0 Å². The van der Waals surface area contributed by atoms with E-state index in [1.807, 2.05) is 0 Å². The third-order valence-electron chi connectivity index (χ3n) is 2.32. The molecule has 1 saturated heterocycles. The van der Waals surface area contributed by atoms with E-state index in [-0.39, 0.29) is 19.6 Å².